The summed E-state index contributed by atoms with van der Waals surface area (Å²) in [6.07, 6.45) is 1.34. The average Bonchev–Trinajstić information content (AvgIpc) is 2.29. The molecule has 3 nitrogen and oxygen atoms in total. The van der Waals surface area contributed by atoms with Crippen LogP contribution in [0.4, 0.5) is 0 Å². The zero-order valence-corrected chi connectivity index (χ0v) is 10.5. The molecule has 0 aliphatic heterocycles. The van der Waals surface area contributed by atoms with Crippen LogP contribution in [0.5, 0.6) is 0 Å². The van der Waals surface area contributed by atoms with Crippen molar-refractivity contribution in [1.29, 1.82) is 0 Å². The topological polar surface area (TPSA) is 63.3 Å². The number of carbonyl (C=O) groups is 1. The highest BCUT2D eigenvalue weighted by molar-refractivity contribution is 5.76. The third kappa shape index (κ3) is 3.86. The molecule has 17 heavy (non-hydrogen) atoms. The van der Waals surface area contributed by atoms with E-state index in [2.05, 4.69) is 13.8 Å². The Labute approximate surface area is 103 Å². The molecular formula is C14H21NO2. The van der Waals surface area contributed by atoms with Gasteiger partial charge in [-0.2, -0.15) is 0 Å². The fourth-order valence-electron chi connectivity index (χ4n) is 1.87. The largest absolute Gasteiger partial charge is 0.481 e. The first-order chi connectivity index (χ1) is 8.06. The van der Waals surface area contributed by atoms with E-state index >= 15 is 0 Å². The molecule has 94 valence electrons. The van der Waals surface area contributed by atoms with Gasteiger partial charge < -0.3 is 10.8 Å². The molecule has 0 aliphatic rings. The highest BCUT2D eigenvalue weighted by Crippen LogP contribution is 2.23. The lowest BCUT2D eigenvalue weighted by atomic mass is 9.92. The summed E-state index contributed by atoms with van der Waals surface area (Å²) >= 11 is 0. The van der Waals surface area contributed by atoms with Crippen LogP contribution in [0.2, 0.25) is 0 Å². The lowest BCUT2D eigenvalue weighted by molar-refractivity contribution is -0.139. The van der Waals surface area contributed by atoms with Crippen molar-refractivity contribution in [2.45, 2.75) is 38.5 Å². The Kier molecular flexibility index (Phi) is 5.16. The fourth-order valence-corrected chi connectivity index (χ4v) is 1.87. The predicted octanol–water partition coefficient (Wildman–Crippen LogP) is 2.72. The molecule has 0 saturated heterocycles. The summed E-state index contributed by atoms with van der Waals surface area (Å²) < 4.78 is 0. The molecule has 3 N–H and O–H groups in total. The van der Waals surface area contributed by atoms with Crippen molar-refractivity contribution < 1.29 is 9.90 Å². The molecule has 0 bridgehead atoms. The summed E-state index contributed by atoms with van der Waals surface area (Å²) in [6, 6.07) is 7.87. The maximum Gasteiger partial charge on any atom is 0.310 e. The van der Waals surface area contributed by atoms with Crippen LogP contribution in [0.1, 0.15) is 49.7 Å². The molecule has 1 aromatic carbocycles. The first-order valence-corrected chi connectivity index (χ1v) is 6.09. The molecule has 3 heteroatoms. The van der Waals surface area contributed by atoms with E-state index in [-0.39, 0.29) is 0 Å². The van der Waals surface area contributed by atoms with E-state index in [9.17, 15) is 9.90 Å². The van der Waals surface area contributed by atoms with Gasteiger partial charge in [-0.05, 0) is 36.4 Å². The number of carboxylic acid groups (broad SMARTS) is 1. The molecule has 1 unspecified atom stereocenters. The lowest BCUT2D eigenvalue weighted by Crippen LogP contribution is -2.13. The zero-order valence-electron chi connectivity index (χ0n) is 10.5. The minimum Gasteiger partial charge on any atom is -0.481 e. The van der Waals surface area contributed by atoms with E-state index in [4.69, 9.17) is 5.73 Å². The second-order valence-corrected chi connectivity index (χ2v) is 4.64. The van der Waals surface area contributed by atoms with E-state index in [1.165, 1.54) is 5.56 Å². The first-order valence-electron chi connectivity index (χ1n) is 6.09. The predicted molar refractivity (Wildman–Crippen MR) is 69.2 cm³/mol. The minimum absolute atomic E-state index is 0.431. The van der Waals surface area contributed by atoms with Crippen molar-refractivity contribution in [2.24, 2.45) is 5.73 Å². The van der Waals surface area contributed by atoms with Gasteiger partial charge in [0, 0.05) is 0 Å². The molecule has 1 rings (SSSR count). The van der Waals surface area contributed by atoms with Gasteiger partial charge in [-0.3, -0.25) is 4.79 Å². The fraction of sp³-hybridized carbons (Fsp3) is 0.500. The Morgan fingerprint density at radius 1 is 1.24 bits per heavy atom. The Balaban J connectivity index is 2.83. The quantitative estimate of drug-likeness (QED) is 0.796. The lowest BCUT2D eigenvalue weighted by Gasteiger charge is -2.13. The Bertz CT molecular complexity index is 357. The highest BCUT2D eigenvalue weighted by atomic mass is 16.4. The molecule has 0 aromatic heterocycles. The minimum atomic E-state index is -0.768. The molecular weight excluding hydrogens is 214 g/mol. The van der Waals surface area contributed by atoms with Gasteiger partial charge in [0.15, 0.2) is 0 Å². The van der Waals surface area contributed by atoms with Crippen LogP contribution < -0.4 is 5.73 Å². The van der Waals surface area contributed by atoms with Gasteiger partial charge in [0.25, 0.3) is 0 Å². The van der Waals surface area contributed by atoms with Gasteiger partial charge >= 0.3 is 5.97 Å². The highest BCUT2D eigenvalue weighted by Gasteiger charge is 2.18. The Morgan fingerprint density at radius 2 is 1.76 bits per heavy atom. The molecule has 0 radical (unpaired) electrons. The summed E-state index contributed by atoms with van der Waals surface area (Å²) in [7, 11) is 0. The standard InChI is InChI=1S/C14H21NO2/c1-10(2)11-5-7-12(8-6-11)13(14(16)17)4-3-9-15/h5-8,10,13H,3-4,9,15H2,1-2H3,(H,16,17). The third-order valence-corrected chi connectivity index (χ3v) is 3.00. The van der Waals surface area contributed by atoms with Gasteiger partial charge in [-0.1, -0.05) is 38.1 Å². The maximum atomic E-state index is 11.2. The molecule has 0 heterocycles. The van der Waals surface area contributed by atoms with Crippen LogP contribution in [0, 0.1) is 0 Å². The van der Waals surface area contributed by atoms with Gasteiger partial charge in [-0.15, -0.1) is 0 Å². The Morgan fingerprint density at radius 3 is 2.18 bits per heavy atom. The number of rotatable bonds is 6. The van der Waals surface area contributed by atoms with Crippen molar-refractivity contribution in [3.63, 3.8) is 0 Å². The van der Waals surface area contributed by atoms with Crippen molar-refractivity contribution in [1.82, 2.24) is 0 Å². The summed E-state index contributed by atoms with van der Waals surface area (Å²) in [4.78, 5) is 11.2. The van der Waals surface area contributed by atoms with Crippen LogP contribution in [-0.2, 0) is 4.79 Å². The molecule has 0 fully saturated rings. The smallest absolute Gasteiger partial charge is 0.310 e. The van der Waals surface area contributed by atoms with Crippen molar-refractivity contribution in [3.8, 4) is 0 Å². The summed E-state index contributed by atoms with van der Waals surface area (Å²) in [5, 5.41) is 9.19. The number of nitrogens with two attached hydrogens (primary N) is 1. The SMILES string of the molecule is CC(C)c1ccc(C(CCCN)C(=O)O)cc1. The number of benzene rings is 1. The number of hydrogen-bond acceptors (Lipinski definition) is 2. The van der Waals surface area contributed by atoms with Crippen molar-refractivity contribution in [2.75, 3.05) is 6.54 Å². The van der Waals surface area contributed by atoms with Crippen molar-refractivity contribution in [3.05, 3.63) is 35.4 Å². The van der Waals surface area contributed by atoms with E-state index in [1.807, 2.05) is 24.3 Å². The van der Waals surface area contributed by atoms with Crippen LogP contribution in [0.3, 0.4) is 0 Å². The van der Waals surface area contributed by atoms with Crippen molar-refractivity contribution >= 4 is 5.97 Å². The molecule has 0 saturated carbocycles. The van der Waals surface area contributed by atoms with Gasteiger partial charge in [-0.25, -0.2) is 0 Å². The van der Waals surface area contributed by atoms with E-state index in [1.54, 1.807) is 0 Å². The molecule has 0 aliphatic carbocycles. The van der Waals surface area contributed by atoms with E-state index in [0.29, 0.717) is 18.9 Å². The van der Waals surface area contributed by atoms with Crippen LogP contribution >= 0.6 is 0 Å². The average molecular weight is 235 g/mol. The molecule has 0 spiro atoms. The second-order valence-electron chi connectivity index (χ2n) is 4.64. The number of carboxylic acids is 1. The first kappa shape index (κ1) is 13.7. The molecule has 1 aromatic rings. The summed E-state index contributed by atoms with van der Waals surface area (Å²) in [6.45, 7) is 4.78. The van der Waals surface area contributed by atoms with Gasteiger partial charge in [0.2, 0.25) is 0 Å². The number of aliphatic carboxylic acids is 1. The van der Waals surface area contributed by atoms with Gasteiger partial charge in [0.05, 0.1) is 5.92 Å². The second kappa shape index (κ2) is 6.40. The zero-order chi connectivity index (χ0) is 12.8. The molecule has 0 amide bonds. The summed E-state index contributed by atoms with van der Waals surface area (Å²) in [5.41, 5.74) is 7.53. The Hall–Kier alpha value is -1.35. The maximum absolute atomic E-state index is 11.2. The molecule has 1 atom stereocenters. The van der Waals surface area contributed by atoms with Crippen LogP contribution in [0.15, 0.2) is 24.3 Å². The van der Waals surface area contributed by atoms with Crippen LogP contribution in [-0.4, -0.2) is 17.6 Å². The summed E-state index contributed by atoms with van der Waals surface area (Å²) in [5.74, 6) is -0.730. The third-order valence-electron chi connectivity index (χ3n) is 3.00. The normalized spacial score (nSPS) is 12.7. The number of hydrogen-bond donors (Lipinski definition) is 2. The van der Waals surface area contributed by atoms with E-state index in [0.717, 1.165) is 12.0 Å². The van der Waals surface area contributed by atoms with E-state index < -0.39 is 11.9 Å². The van der Waals surface area contributed by atoms with Gasteiger partial charge in [0.1, 0.15) is 0 Å². The van der Waals surface area contributed by atoms with Crippen LogP contribution in [0.25, 0.3) is 0 Å². The monoisotopic (exact) mass is 235 g/mol.